The Bertz CT molecular complexity index is 1270. The van der Waals surface area contributed by atoms with Gasteiger partial charge in [-0.1, -0.05) is 48.0 Å². The summed E-state index contributed by atoms with van der Waals surface area (Å²) in [6, 6.07) is 21.6. The number of non-ortho nitro benzene ring substituents is 1. The summed E-state index contributed by atoms with van der Waals surface area (Å²) in [4.78, 5) is 23.8. The second-order valence-electron chi connectivity index (χ2n) is 7.14. The van der Waals surface area contributed by atoms with Gasteiger partial charge >= 0.3 is 0 Å². The van der Waals surface area contributed by atoms with Gasteiger partial charge < -0.3 is 9.88 Å². The molecule has 0 bridgehead atoms. The predicted molar refractivity (Wildman–Crippen MR) is 128 cm³/mol. The number of nitro benzene ring substituents is 1. The van der Waals surface area contributed by atoms with Crippen molar-refractivity contribution in [2.45, 2.75) is 17.2 Å². The Balaban J connectivity index is 1.42. The predicted octanol–water partition coefficient (Wildman–Crippen LogP) is 5.93. The minimum absolute atomic E-state index is 0.0396. The number of hydrogen-bond donors (Lipinski definition) is 1. The molecule has 0 saturated heterocycles. The minimum atomic E-state index is -0.486. The molecule has 1 heterocycles. The van der Waals surface area contributed by atoms with E-state index in [1.807, 2.05) is 36.4 Å². The molecule has 3 aromatic carbocycles. The molecule has 4 rings (SSSR count). The Morgan fingerprint density at radius 3 is 2.50 bits per heavy atom. The van der Waals surface area contributed by atoms with Gasteiger partial charge in [0.1, 0.15) is 0 Å². The molecule has 162 valence electrons. The van der Waals surface area contributed by atoms with Crippen molar-refractivity contribution in [1.29, 1.82) is 0 Å². The number of amides is 1. The molecule has 0 fully saturated rings. The van der Waals surface area contributed by atoms with Crippen LogP contribution in [-0.2, 0) is 12.3 Å². The van der Waals surface area contributed by atoms with E-state index in [9.17, 15) is 14.9 Å². The van der Waals surface area contributed by atoms with Crippen molar-refractivity contribution in [2.75, 3.05) is 6.54 Å². The Labute approximate surface area is 194 Å². The summed E-state index contributed by atoms with van der Waals surface area (Å²) in [5.74, 6) is 0.509. The van der Waals surface area contributed by atoms with Crippen LogP contribution in [0.3, 0.4) is 0 Å². The minimum Gasteiger partial charge on any atom is -0.350 e. The van der Waals surface area contributed by atoms with E-state index in [1.165, 1.54) is 24.3 Å². The molecule has 0 aliphatic carbocycles. The second kappa shape index (κ2) is 9.89. The number of nitro groups is 1. The van der Waals surface area contributed by atoms with E-state index in [2.05, 4.69) is 28.2 Å². The Hall–Kier alpha value is -3.29. The van der Waals surface area contributed by atoms with E-state index < -0.39 is 4.92 Å². The number of carbonyl (C=O) groups is 1. The highest BCUT2D eigenvalue weighted by Gasteiger charge is 2.12. The molecule has 8 heteroatoms. The third-order valence-corrected chi connectivity index (χ3v) is 6.53. The van der Waals surface area contributed by atoms with Crippen LogP contribution in [0.5, 0.6) is 0 Å². The molecule has 0 unspecified atom stereocenters. The number of aromatic nitrogens is 1. The van der Waals surface area contributed by atoms with Gasteiger partial charge in [0.25, 0.3) is 11.6 Å². The number of thioether (sulfide) groups is 1. The first-order valence-corrected chi connectivity index (χ1v) is 11.4. The zero-order chi connectivity index (χ0) is 22.5. The fourth-order valence-corrected chi connectivity index (χ4v) is 4.78. The number of benzene rings is 3. The molecule has 4 aromatic rings. The molecule has 0 aliphatic heterocycles. The van der Waals surface area contributed by atoms with Gasteiger partial charge in [0, 0.05) is 63.6 Å². The number of para-hydroxylation sites is 1. The summed E-state index contributed by atoms with van der Waals surface area (Å²) in [6.07, 6.45) is 2.10. The fourth-order valence-electron chi connectivity index (χ4n) is 3.41. The van der Waals surface area contributed by atoms with Gasteiger partial charge in [-0.15, -0.1) is 11.8 Å². The van der Waals surface area contributed by atoms with Crippen LogP contribution in [0.1, 0.15) is 15.9 Å². The molecule has 0 saturated carbocycles. The number of carbonyl (C=O) groups excluding carboxylic acids is 1. The van der Waals surface area contributed by atoms with Gasteiger partial charge in [0.05, 0.1) is 4.92 Å². The van der Waals surface area contributed by atoms with Gasteiger partial charge in [-0.25, -0.2) is 0 Å². The van der Waals surface area contributed by atoms with E-state index >= 15 is 0 Å². The first-order chi connectivity index (χ1) is 15.5. The van der Waals surface area contributed by atoms with Crippen LogP contribution in [0, 0.1) is 10.1 Å². The van der Waals surface area contributed by atoms with Gasteiger partial charge in [-0.05, 0) is 29.8 Å². The van der Waals surface area contributed by atoms with Gasteiger partial charge in [-0.3, -0.25) is 14.9 Å². The van der Waals surface area contributed by atoms with Crippen molar-refractivity contribution < 1.29 is 9.72 Å². The molecule has 0 aliphatic rings. The lowest BCUT2D eigenvalue weighted by atomic mass is 10.2. The Morgan fingerprint density at radius 2 is 1.75 bits per heavy atom. The quantitative estimate of drug-likeness (QED) is 0.199. The van der Waals surface area contributed by atoms with Crippen LogP contribution in [0.25, 0.3) is 10.9 Å². The summed E-state index contributed by atoms with van der Waals surface area (Å²) in [5, 5.41) is 15.6. The lowest BCUT2D eigenvalue weighted by molar-refractivity contribution is -0.384. The number of halogens is 1. The number of rotatable bonds is 8. The molecular weight excluding hydrogens is 446 g/mol. The standard InChI is InChI=1S/C24H20ClN3O3S/c25-21-7-3-1-5-18(21)16-32-23-15-27(22-8-4-2-6-20(22)23)14-13-26-24(29)17-9-11-19(12-10-17)28(30)31/h1-12,15H,13-14,16H2,(H,26,29). The third-order valence-electron chi connectivity index (χ3n) is 5.07. The van der Waals surface area contributed by atoms with Crippen molar-refractivity contribution >= 4 is 45.9 Å². The second-order valence-corrected chi connectivity index (χ2v) is 8.57. The number of nitrogens with one attached hydrogen (secondary N) is 1. The zero-order valence-electron chi connectivity index (χ0n) is 17.0. The zero-order valence-corrected chi connectivity index (χ0v) is 18.6. The van der Waals surface area contributed by atoms with E-state index in [0.717, 1.165) is 32.1 Å². The highest BCUT2D eigenvalue weighted by Crippen LogP contribution is 2.33. The maximum absolute atomic E-state index is 12.4. The topological polar surface area (TPSA) is 77.2 Å². The van der Waals surface area contributed by atoms with Crippen LogP contribution in [0.15, 0.2) is 83.9 Å². The molecule has 0 radical (unpaired) electrons. The van der Waals surface area contributed by atoms with Crippen molar-refractivity contribution in [2.24, 2.45) is 0 Å². The van der Waals surface area contributed by atoms with Crippen LogP contribution in [-0.4, -0.2) is 21.9 Å². The maximum atomic E-state index is 12.4. The summed E-state index contributed by atoms with van der Waals surface area (Å²) in [6.45, 7) is 1.04. The lowest BCUT2D eigenvalue weighted by Crippen LogP contribution is -2.27. The molecular formula is C24H20ClN3O3S. The van der Waals surface area contributed by atoms with Crippen molar-refractivity contribution in [1.82, 2.24) is 9.88 Å². The highest BCUT2D eigenvalue weighted by atomic mass is 35.5. The molecule has 6 nitrogen and oxygen atoms in total. The normalized spacial score (nSPS) is 10.9. The van der Waals surface area contributed by atoms with Gasteiger partial charge in [0.15, 0.2) is 0 Å². The SMILES string of the molecule is O=C(NCCn1cc(SCc2ccccc2Cl)c2ccccc21)c1ccc([N+](=O)[O-])cc1. The third kappa shape index (κ3) is 4.95. The van der Waals surface area contributed by atoms with Crippen LogP contribution in [0.2, 0.25) is 5.02 Å². The Morgan fingerprint density at radius 1 is 1.03 bits per heavy atom. The van der Waals surface area contributed by atoms with Crippen molar-refractivity contribution in [3.05, 3.63) is 105 Å². The van der Waals surface area contributed by atoms with Crippen LogP contribution >= 0.6 is 23.4 Å². The monoisotopic (exact) mass is 465 g/mol. The van der Waals surface area contributed by atoms with Gasteiger partial charge in [0.2, 0.25) is 0 Å². The van der Waals surface area contributed by atoms with E-state index in [0.29, 0.717) is 18.7 Å². The number of nitrogens with zero attached hydrogens (tertiary/aromatic N) is 2. The first kappa shape index (κ1) is 21.9. The first-order valence-electron chi connectivity index (χ1n) is 9.99. The summed E-state index contributed by atoms with van der Waals surface area (Å²) < 4.78 is 2.13. The average Bonchev–Trinajstić information content (AvgIpc) is 3.16. The highest BCUT2D eigenvalue weighted by molar-refractivity contribution is 7.98. The summed E-state index contributed by atoms with van der Waals surface area (Å²) in [5.41, 5.74) is 2.54. The summed E-state index contributed by atoms with van der Waals surface area (Å²) in [7, 11) is 0. The molecule has 1 amide bonds. The number of hydrogen-bond acceptors (Lipinski definition) is 4. The van der Waals surface area contributed by atoms with E-state index in [1.54, 1.807) is 11.8 Å². The van der Waals surface area contributed by atoms with Gasteiger partial charge in [-0.2, -0.15) is 0 Å². The average molecular weight is 466 g/mol. The van der Waals surface area contributed by atoms with E-state index in [-0.39, 0.29) is 11.6 Å². The number of fused-ring (bicyclic) bond motifs is 1. The Kier molecular flexibility index (Phi) is 6.78. The van der Waals surface area contributed by atoms with E-state index in [4.69, 9.17) is 11.6 Å². The lowest BCUT2D eigenvalue weighted by Gasteiger charge is -2.07. The molecule has 1 aromatic heterocycles. The molecule has 0 atom stereocenters. The maximum Gasteiger partial charge on any atom is 0.269 e. The molecule has 0 spiro atoms. The van der Waals surface area contributed by atoms with Crippen LogP contribution < -0.4 is 5.32 Å². The fraction of sp³-hybridized carbons (Fsp3) is 0.125. The van der Waals surface area contributed by atoms with Crippen molar-refractivity contribution in [3.8, 4) is 0 Å². The largest absolute Gasteiger partial charge is 0.350 e. The smallest absolute Gasteiger partial charge is 0.269 e. The van der Waals surface area contributed by atoms with Crippen LogP contribution in [0.4, 0.5) is 5.69 Å². The summed E-state index contributed by atoms with van der Waals surface area (Å²) >= 11 is 8.03. The molecule has 1 N–H and O–H groups in total. The van der Waals surface area contributed by atoms with Crippen molar-refractivity contribution in [3.63, 3.8) is 0 Å². The molecule has 32 heavy (non-hydrogen) atoms.